The van der Waals surface area contributed by atoms with E-state index in [-0.39, 0.29) is 0 Å². The molecule has 150 valence electrons. The number of halogens is 1. The summed E-state index contributed by atoms with van der Waals surface area (Å²) < 4.78 is 1.13. The third-order valence-corrected chi connectivity index (χ3v) is 5.22. The van der Waals surface area contributed by atoms with Crippen molar-refractivity contribution >= 4 is 46.7 Å². The van der Waals surface area contributed by atoms with Crippen LogP contribution in [0.3, 0.4) is 0 Å². The van der Waals surface area contributed by atoms with Gasteiger partial charge in [-0.1, -0.05) is 48.5 Å². The van der Waals surface area contributed by atoms with E-state index < -0.39 is 0 Å². The smallest absolute Gasteiger partial charge is 0.250 e. The van der Waals surface area contributed by atoms with Crippen LogP contribution in [0.5, 0.6) is 0 Å². The summed E-state index contributed by atoms with van der Waals surface area (Å²) in [6, 6.07) is 18.2. The molecule has 2 N–H and O–H groups in total. The molecule has 0 aliphatic carbocycles. The van der Waals surface area contributed by atoms with E-state index in [0.717, 1.165) is 27.8 Å². The first-order valence-corrected chi connectivity index (χ1v) is 10.6. The van der Waals surface area contributed by atoms with E-state index in [1.807, 2.05) is 42.5 Å². The number of hydrazone groups is 1. The fourth-order valence-corrected chi connectivity index (χ4v) is 3.18. The van der Waals surface area contributed by atoms with Crippen LogP contribution in [0.25, 0.3) is 0 Å². The van der Waals surface area contributed by atoms with Gasteiger partial charge in [0.2, 0.25) is 17.8 Å². The van der Waals surface area contributed by atoms with E-state index >= 15 is 0 Å². The number of benzene rings is 2. The Kier molecular flexibility index (Phi) is 7.74. The summed E-state index contributed by atoms with van der Waals surface area (Å²) in [6.07, 6.45) is 1.76. The van der Waals surface area contributed by atoms with Gasteiger partial charge < -0.3 is 10.2 Å². The van der Waals surface area contributed by atoms with Crippen LogP contribution in [-0.2, 0) is 6.54 Å². The van der Waals surface area contributed by atoms with Gasteiger partial charge in [-0.2, -0.15) is 20.1 Å². The lowest BCUT2D eigenvalue weighted by Crippen LogP contribution is -2.25. The van der Waals surface area contributed by atoms with Crippen molar-refractivity contribution in [2.24, 2.45) is 5.10 Å². The van der Waals surface area contributed by atoms with Crippen LogP contribution in [0.4, 0.5) is 17.8 Å². The predicted octanol–water partition coefficient (Wildman–Crippen LogP) is 4.38. The molecule has 7 nitrogen and oxygen atoms in total. The number of nitrogens with zero attached hydrogens (tertiary/aromatic N) is 5. The highest BCUT2D eigenvalue weighted by atomic mass is 127. The Morgan fingerprint density at radius 2 is 1.62 bits per heavy atom. The average molecular weight is 501 g/mol. The molecule has 0 radical (unpaired) electrons. The molecule has 0 spiro atoms. The van der Waals surface area contributed by atoms with Crippen LogP contribution in [-0.4, -0.2) is 34.3 Å². The van der Waals surface area contributed by atoms with E-state index in [0.29, 0.717) is 24.4 Å². The van der Waals surface area contributed by atoms with Gasteiger partial charge in [0.1, 0.15) is 0 Å². The summed E-state index contributed by atoms with van der Waals surface area (Å²) in [7, 11) is 0. The van der Waals surface area contributed by atoms with Crippen molar-refractivity contribution in [3.8, 4) is 0 Å². The van der Waals surface area contributed by atoms with Crippen molar-refractivity contribution in [2.45, 2.75) is 20.4 Å². The van der Waals surface area contributed by atoms with Gasteiger partial charge in [-0.3, -0.25) is 0 Å². The maximum absolute atomic E-state index is 4.57. The predicted molar refractivity (Wildman–Crippen MR) is 128 cm³/mol. The van der Waals surface area contributed by atoms with Crippen molar-refractivity contribution in [1.29, 1.82) is 0 Å². The lowest BCUT2D eigenvalue weighted by molar-refractivity contribution is 0.812. The number of hydrogen-bond acceptors (Lipinski definition) is 7. The van der Waals surface area contributed by atoms with Gasteiger partial charge >= 0.3 is 0 Å². The summed E-state index contributed by atoms with van der Waals surface area (Å²) in [4.78, 5) is 15.6. The quantitative estimate of drug-likeness (QED) is 0.258. The molecule has 0 amide bonds. The molecule has 29 heavy (non-hydrogen) atoms. The molecule has 0 aliphatic heterocycles. The zero-order valence-electron chi connectivity index (χ0n) is 16.5. The van der Waals surface area contributed by atoms with Crippen molar-refractivity contribution in [3.05, 3.63) is 69.3 Å². The highest BCUT2D eigenvalue weighted by Gasteiger charge is 2.11. The molecule has 0 fully saturated rings. The monoisotopic (exact) mass is 501 g/mol. The molecule has 1 aromatic heterocycles. The molecule has 2 aromatic carbocycles. The van der Waals surface area contributed by atoms with E-state index in [9.17, 15) is 0 Å². The number of aromatic nitrogens is 3. The van der Waals surface area contributed by atoms with Crippen molar-refractivity contribution in [3.63, 3.8) is 0 Å². The molecule has 0 saturated carbocycles. The topological polar surface area (TPSA) is 78.3 Å². The van der Waals surface area contributed by atoms with Gasteiger partial charge in [-0.05, 0) is 48.1 Å². The average Bonchev–Trinajstić information content (AvgIpc) is 2.75. The third kappa shape index (κ3) is 6.11. The Morgan fingerprint density at radius 1 is 0.931 bits per heavy atom. The highest BCUT2D eigenvalue weighted by molar-refractivity contribution is 14.1. The standard InChI is InChI=1S/C21H24IN7/c1-3-29(4-2)21-26-19(23-14-16-10-6-5-7-11-16)25-20(27-21)28-24-15-17-12-8-9-13-18(17)22/h5-13,15H,3-4,14H2,1-2H3,(H2,23,25,26,27,28)/b24-15+. The minimum atomic E-state index is 0.402. The molecule has 0 bridgehead atoms. The van der Waals surface area contributed by atoms with E-state index in [1.54, 1.807) is 6.21 Å². The zero-order chi connectivity index (χ0) is 20.5. The molecule has 0 aliphatic rings. The van der Waals surface area contributed by atoms with E-state index in [4.69, 9.17) is 0 Å². The first-order chi connectivity index (χ1) is 14.2. The van der Waals surface area contributed by atoms with E-state index in [1.165, 1.54) is 0 Å². The summed E-state index contributed by atoms with van der Waals surface area (Å²) in [5.74, 6) is 1.53. The van der Waals surface area contributed by atoms with Gasteiger partial charge in [0.15, 0.2) is 0 Å². The molecule has 0 atom stereocenters. The van der Waals surface area contributed by atoms with Crippen molar-refractivity contribution < 1.29 is 0 Å². The Balaban J connectivity index is 1.79. The first kappa shape index (κ1) is 21.0. The molecular weight excluding hydrogens is 477 g/mol. The van der Waals surface area contributed by atoms with Gasteiger partial charge in [0.05, 0.1) is 6.21 Å². The lowest BCUT2D eigenvalue weighted by Gasteiger charge is -2.19. The normalized spacial score (nSPS) is 10.9. The maximum Gasteiger partial charge on any atom is 0.250 e. The second-order valence-corrected chi connectivity index (χ2v) is 7.35. The fraction of sp³-hybridized carbons (Fsp3) is 0.238. The number of hydrogen-bond donors (Lipinski definition) is 2. The van der Waals surface area contributed by atoms with Crippen molar-refractivity contribution in [1.82, 2.24) is 15.0 Å². The Morgan fingerprint density at radius 3 is 2.34 bits per heavy atom. The summed E-state index contributed by atoms with van der Waals surface area (Å²) >= 11 is 2.28. The molecule has 0 saturated heterocycles. The van der Waals surface area contributed by atoms with Crippen LogP contribution in [0.1, 0.15) is 25.0 Å². The molecule has 0 unspecified atom stereocenters. The highest BCUT2D eigenvalue weighted by Crippen LogP contribution is 2.15. The molecule has 3 aromatic rings. The number of anilines is 3. The molecule has 3 rings (SSSR count). The summed E-state index contributed by atoms with van der Waals surface area (Å²) in [6.45, 7) is 6.40. The van der Waals surface area contributed by atoms with Gasteiger partial charge in [0, 0.05) is 28.8 Å². The molecule has 8 heteroatoms. The van der Waals surface area contributed by atoms with Crippen LogP contribution in [0.2, 0.25) is 0 Å². The Hall–Kier alpha value is -2.75. The largest absolute Gasteiger partial charge is 0.350 e. The molecular formula is C21H24IN7. The number of nitrogens with one attached hydrogen (secondary N) is 2. The molecule has 1 heterocycles. The summed E-state index contributed by atoms with van der Waals surface area (Å²) in [5, 5.41) is 7.59. The minimum absolute atomic E-state index is 0.402. The number of rotatable bonds is 9. The Bertz CT molecular complexity index is 943. The minimum Gasteiger partial charge on any atom is -0.350 e. The van der Waals surface area contributed by atoms with Crippen molar-refractivity contribution in [2.75, 3.05) is 28.7 Å². The van der Waals surface area contributed by atoms with Gasteiger partial charge in [-0.15, -0.1) is 0 Å². The lowest BCUT2D eigenvalue weighted by atomic mass is 10.2. The second-order valence-electron chi connectivity index (χ2n) is 6.19. The zero-order valence-corrected chi connectivity index (χ0v) is 18.7. The third-order valence-electron chi connectivity index (χ3n) is 4.24. The van der Waals surface area contributed by atoms with Gasteiger partial charge in [-0.25, -0.2) is 5.43 Å². The van der Waals surface area contributed by atoms with Crippen LogP contribution < -0.4 is 15.6 Å². The SMILES string of the molecule is CCN(CC)c1nc(NCc2ccccc2)nc(N/N=C/c2ccccc2I)n1. The van der Waals surface area contributed by atoms with Crippen LogP contribution >= 0.6 is 22.6 Å². The first-order valence-electron chi connectivity index (χ1n) is 9.52. The van der Waals surface area contributed by atoms with Gasteiger partial charge in [0.25, 0.3) is 0 Å². The van der Waals surface area contributed by atoms with Crippen LogP contribution in [0.15, 0.2) is 59.7 Å². The van der Waals surface area contributed by atoms with Crippen LogP contribution in [0, 0.1) is 3.57 Å². The van der Waals surface area contributed by atoms with E-state index in [2.05, 4.69) is 84.3 Å². The fourth-order valence-electron chi connectivity index (χ4n) is 2.66. The second kappa shape index (κ2) is 10.7. The Labute approximate surface area is 184 Å². The maximum atomic E-state index is 4.57. The summed E-state index contributed by atoms with van der Waals surface area (Å²) in [5.41, 5.74) is 5.12.